The third kappa shape index (κ3) is 33.5. The minimum Gasteiger partial charge on any atom is -0.462 e. The van der Waals surface area contributed by atoms with Crippen LogP contribution in [0.1, 0.15) is 143 Å². The molecule has 7 heteroatoms. The van der Waals surface area contributed by atoms with Crippen molar-refractivity contribution < 1.29 is 34.4 Å². The molecule has 0 rings (SSSR count). The largest absolute Gasteiger partial charge is 0.462 e. The van der Waals surface area contributed by atoms with E-state index in [-0.39, 0.29) is 19.0 Å². The molecule has 0 radical (unpaired) electrons. The SMILES string of the molecule is CC/C=C\C[C@H](O)/C=C/C=C\C=C\[C@H](O)C/C=C\C/C=C\CCC(=O)O[C@@H](CO)COC(=O)CCCCCCCCCCCCC(C)CC. The van der Waals surface area contributed by atoms with Gasteiger partial charge in [0.2, 0.25) is 0 Å². The molecule has 0 saturated heterocycles. The van der Waals surface area contributed by atoms with E-state index in [1.165, 1.54) is 57.8 Å². The predicted octanol–water partition coefficient (Wildman–Crippen LogP) is 9.58. The van der Waals surface area contributed by atoms with Gasteiger partial charge < -0.3 is 24.8 Å². The quantitative estimate of drug-likeness (QED) is 0.0280. The third-order valence-electron chi connectivity index (χ3n) is 8.23. The summed E-state index contributed by atoms with van der Waals surface area (Å²) in [6.07, 6.45) is 38.9. The standard InChI is InChI=1S/C42H70O7/c1-4-6-21-29-38(44)31-24-19-20-25-32-39(45)30-23-16-13-14-18-27-34-42(47)49-40(35-43)36-48-41(46)33-26-17-12-10-8-7-9-11-15-22-28-37(3)5-2/h6,14,16,18-21,23-25,31-32,37-40,43-45H,4-5,7-13,15,17,22,26-30,33-36H2,1-3H3/b18-14-,20-19-,21-6-,23-16-,31-24+,32-25+/t37?,38-,39+,40-/m0/s1. The Labute approximate surface area is 298 Å². The average Bonchev–Trinajstić information content (AvgIpc) is 3.09. The topological polar surface area (TPSA) is 113 Å². The molecule has 0 saturated carbocycles. The maximum absolute atomic E-state index is 12.1. The number of hydrogen-bond acceptors (Lipinski definition) is 7. The van der Waals surface area contributed by atoms with Gasteiger partial charge in [-0.2, -0.15) is 0 Å². The molecule has 3 N–H and O–H groups in total. The fraction of sp³-hybridized carbons (Fsp3) is 0.667. The molecule has 1 unspecified atom stereocenters. The van der Waals surface area contributed by atoms with Crippen molar-refractivity contribution in [3.8, 4) is 0 Å². The summed E-state index contributed by atoms with van der Waals surface area (Å²) in [4.78, 5) is 24.2. The van der Waals surface area contributed by atoms with Crippen molar-refractivity contribution in [2.24, 2.45) is 5.92 Å². The monoisotopic (exact) mass is 687 g/mol. The van der Waals surface area contributed by atoms with Gasteiger partial charge in [-0.3, -0.25) is 9.59 Å². The summed E-state index contributed by atoms with van der Waals surface area (Å²) in [7, 11) is 0. The van der Waals surface area contributed by atoms with E-state index in [0.717, 1.165) is 31.6 Å². The maximum Gasteiger partial charge on any atom is 0.306 e. The molecule has 0 spiro atoms. The molecule has 0 bridgehead atoms. The Hall–Kier alpha value is -2.74. The van der Waals surface area contributed by atoms with Gasteiger partial charge in [-0.05, 0) is 44.4 Å². The smallest absolute Gasteiger partial charge is 0.306 e. The van der Waals surface area contributed by atoms with Crippen molar-refractivity contribution >= 4 is 11.9 Å². The van der Waals surface area contributed by atoms with Crippen LogP contribution in [-0.2, 0) is 19.1 Å². The van der Waals surface area contributed by atoms with Crippen LogP contribution in [0.5, 0.6) is 0 Å². The zero-order valence-electron chi connectivity index (χ0n) is 31.1. The molecule has 0 aromatic carbocycles. The van der Waals surface area contributed by atoms with Crippen molar-refractivity contribution in [1.82, 2.24) is 0 Å². The highest BCUT2D eigenvalue weighted by Crippen LogP contribution is 2.15. The fourth-order valence-electron chi connectivity index (χ4n) is 4.91. The maximum atomic E-state index is 12.1. The van der Waals surface area contributed by atoms with E-state index in [0.29, 0.717) is 32.1 Å². The van der Waals surface area contributed by atoms with Crippen LogP contribution in [0, 0.1) is 5.92 Å². The summed E-state index contributed by atoms with van der Waals surface area (Å²) in [6, 6.07) is 0. The normalized spacial score (nSPS) is 15.0. The second kappa shape index (κ2) is 35.1. The van der Waals surface area contributed by atoms with E-state index in [1.54, 1.807) is 24.3 Å². The van der Waals surface area contributed by atoms with Crippen molar-refractivity contribution in [1.29, 1.82) is 0 Å². The fourth-order valence-corrected chi connectivity index (χ4v) is 4.91. The van der Waals surface area contributed by atoms with Crippen LogP contribution in [0.4, 0.5) is 0 Å². The minimum atomic E-state index is -0.850. The summed E-state index contributed by atoms with van der Waals surface area (Å²) in [5.74, 6) is 0.0990. The highest BCUT2D eigenvalue weighted by Gasteiger charge is 2.15. The number of hydrogen-bond donors (Lipinski definition) is 3. The van der Waals surface area contributed by atoms with Crippen LogP contribution in [0.3, 0.4) is 0 Å². The lowest BCUT2D eigenvalue weighted by molar-refractivity contribution is -0.161. The van der Waals surface area contributed by atoms with Crippen molar-refractivity contribution in [2.75, 3.05) is 13.2 Å². The molecular formula is C42H70O7. The van der Waals surface area contributed by atoms with Crippen LogP contribution in [0.2, 0.25) is 0 Å². The summed E-state index contributed by atoms with van der Waals surface area (Å²) < 4.78 is 10.5. The molecule has 4 atom stereocenters. The van der Waals surface area contributed by atoms with Crippen molar-refractivity contribution in [3.63, 3.8) is 0 Å². The zero-order chi connectivity index (χ0) is 36.2. The van der Waals surface area contributed by atoms with Crippen LogP contribution in [0.15, 0.2) is 72.9 Å². The molecule has 0 fully saturated rings. The van der Waals surface area contributed by atoms with Gasteiger partial charge in [0.1, 0.15) is 6.61 Å². The van der Waals surface area contributed by atoms with Crippen LogP contribution in [-0.4, -0.2) is 58.8 Å². The second-order valence-corrected chi connectivity index (χ2v) is 12.9. The number of allylic oxidation sites excluding steroid dienone is 8. The highest BCUT2D eigenvalue weighted by molar-refractivity contribution is 5.70. The van der Waals surface area contributed by atoms with Crippen molar-refractivity contribution in [2.45, 2.75) is 161 Å². The lowest BCUT2D eigenvalue weighted by Gasteiger charge is -2.15. The van der Waals surface area contributed by atoms with Gasteiger partial charge >= 0.3 is 11.9 Å². The molecule has 0 aliphatic rings. The van der Waals surface area contributed by atoms with Gasteiger partial charge in [0.25, 0.3) is 0 Å². The molecule has 0 aliphatic carbocycles. The number of unbranched alkanes of at least 4 members (excludes halogenated alkanes) is 9. The summed E-state index contributed by atoms with van der Waals surface area (Å²) in [6.45, 7) is 6.14. The number of carbonyl (C=O) groups is 2. The Bertz CT molecular complexity index is 962. The minimum absolute atomic E-state index is 0.130. The van der Waals surface area contributed by atoms with Crippen molar-refractivity contribution in [3.05, 3.63) is 72.9 Å². The Balaban J connectivity index is 3.87. The summed E-state index contributed by atoms with van der Waals surface area (Å²) in [5, 5.41) is 29.4. The Kier molecular flexibility index (Phi) is 33.1. The highest BCUT2D eigenvalue weighted by atomic mass is 16.6. The molecule has 280 valence electrons. The van der Waals surface area contributed by atoms with E-state index >= 15 is 0 Å². The molecule has 49 heavy (non-hydrogen) atoms. The summed E-state index contributed by atoms with van der Waals surface area (Å²) >= 11 is 0. The molecule has 7 nitrogen and oxygen atoms in total. The van der Waals surface area contributed by atoms with Crippen LogP contribution < -0.4 is 0 Å². The molecule has 0 heterocycles. The molecule has 0 aromatic rings. The first-order valence-electron chi connectivity index (χ1n) is 19.1. The van der Waals surface area contributed by atoms with Crippen LogP contribution in [0.25, 0.3) is 0 Å². The second-order valence-electron chi connectivity index (χ2n) is 12.9. The predicted molar refractivity (Wildman–Crippen MR) is 203 cm³/mol. The number of ether oxygens (including phenoxy) is 2. The Morgan fingerprint density at radius 3 is 1.78 bits per heavy atom. The van der Waals surface area contributed by atoms with Gasteiger partial charge in [0, 0.05) is 12.8 Å². The number of esters is 2. The third-order valence-corrected chi connectivity index (χ3v) is 8.23. The molecule has 0 amide bonds. The Morgan fingerprint density at radius 1 is 0.653 bits per heavy atom. The summed E-state index contributed by atoms with van der Waals surface area (Å²) in [5.41, 5.74) is 0. The first-order chi connectivity index (χ1) is 23.8. The number of carbonyl (C=O) groups excluding carboxylic acids is 2. The first-order valence-corrected chi connectivity index (χ1v) is 19.1. The van der Waals surface area contributed by atoms with Gasteiger partial charge in [0.05, 0.1) is 18.8 Å². The van der Waals surface area contributed by atoms with E-state index in [1.807, 2.05) is 48.6 Å². The number of aliphatic hydroxyl groups excluding tert-OH is 3. The lowest BCUT2D eigenvalue weighted by Crippen LogP contribution is -2.28. The van der Waals surface area contributed by atoms with E-state index in [4.69, 9.17) is 9.47 Å². The van der Waals surface area contributed by atoms with E-state index in [9.17, 15) is 24.9 Å². The van der Waals surface area contributed by atoms with Gasteiger partial charge in [-0.1, -0.05) is 164 Å². The van der Waals surface area contributed by atoms with Crippen LogP contribution >= 0.6 is 0 Å². The van der Waals surface area contributed by atoms with E-state index < -0.39 is 30.9 Å². The number of rotatable bonds is 32. The zero-order valence-corrected chi connectivity index (χ0v) is 31.1. The lowest BCUT2D eigenvalue weighted by atomic mass is 9.99. The van der Waals surface area contributed by atoms with Gasteiger partial charge in [0.15, 0.2) is 6.10 Å². The Morgan fingerprint density at radius 2 is 1.20 bits per heavy atom. The molecule has 0 aromatic heterocycles. The van der Waals surface area contributed by atoms with Gasteiger partial charge in [-0.25, -0.2) is 0 Å². The van der Waals surface area contributed by atoms with Gasteiger partial charge in [-0.15, -0.1) is 0 Å². The molecular weight excluding hydrogens is 616 g/mol. The molecule has 0 aliphatic heterocycles. The number of aliphatic hydroxyl groups is 3. The average molecular weight is 687 g/mol. The first kappa shape index (κ1) is 46.3. The van der Waals surface area contributed by atoms with E-state index in [2.05, 4.69) is 20.8 Å².